The molecule has 1 spiro atoms. The first-order valence-electron chi connectivity index (χ1n) is 8.52. The number of nitriles is 1. The van der Waals surface area contributed by atoms with E-state index in [1.807, 2.05) is 32.9 Å². The first kappa shape index (κ1) is 16.8. The van der Waals surface area contributed by atoms with Crippen LogP contribution in [0.25, 0.3) is 0 Å². The summed E-state index contributed by atoms with van der Waals surface area (Å²) in [6, 6.07) is 8.02. The first-order chi connectivity index (χ1) is 11.2. The lowest BCUT2D eigenvalue weighted by molar-refractivity contribution is 0.0162. The van der Waals surface area contributed by atoms with Crippen molar-refractivity contribution < 1.29 is 9.53 Å². The lowest BCUT2D eigenvalue weighted by Gasteiger charge is -2.40. The number of carbonyl (C=O) groups is 1. The van der Waals surface area contributed by atoms with Crippen LogP contribution >= 0.6 is 0 Å². The molecule has 2 N–H and O–H groups in total. The average molecular weight is 327 g/mol. The van der Waals surface area contributed by atoms with Gasteiger partial charge in [-0.05, 0) is 63.3 Å². The minimum atomic E-state index is -0.470. The van der Waals surface area contributed by atoms with Crippen LogP contribution in [0.1, 0.15) is 62.8 Å². The molecule has 1 heterocycles. The van der Waals surface area contributed by atoms with Crippen molar-refractivity contribution in [3.63, 3.8) is 0 Å². The van der Waals surface area contributed by atoms with Crippen molar-refractivity contribution in [1.82, 2.24) is 4.90 Å². The van der Waals surface area contributed by atoms with Crippen molar-refractivity contribution in [1.29, 1.82) is 5.26 Å². The van der Waals surface area contributed by atoms with Gasteiger partial charge in [-0.1, -0.05) is 6.07 Å². The van der Waals surface area contributed by atoms with Gasteiger partial charge < -0.3 is 15.4 Å². The van der Waals surface area contributed by atoms with E-state index in [-0.39, 0.29) is 17.6 Å². The van der Waals surface area contributed by atoms with E-state index in [2.05, 4.69) is 12.1 Å². The van der Waals surface area contributed by atoms with Gasteiger partial charge in [0.05, 0.1) is 11.6 Å². The molecule has 5 heteroatoms. The third-order valence-corrected chi connectivity index (χ3v) is 5.13. The molecule has 0 aromatic heterocycles. The van der Waals surface area contributed by atoms with Crippen LogP contribution in [0.15, 0.2) is 18.2 Å². The molecule has 1 aromatic carbocycles. The minimum absolute atomic E-state index is 0.0265. The number of amides is 1. The van der Waals surface area contributed by atoms with Crippen molar-refractivity contribution in [3.05, 3.63) is 34.9 Å². The summed E-state index contributed by atoms with van der Waals surface area (Å²) in [5.74, 6) is 0. The Hall–Kier alpha value is -2.06. The first-order valence-corrected chi connectivity index (χ1v) is 8.52. The maximum atomic E-state index is 12.3. The molecular weight excluding hydrogens is 302 g/mol. The third-order valence-electron chi connectivity index (χ3n) is 5.13. The molecule has 1 fully saturated rings. The van der Waals surface area contributed by atoms with Gasteiger partial charge >= 0.3 is 6.09 Å². The van der Waals surface area contributed by atoms with Gasteiger partial charge in [0.25, 0.3) is 0 Å². The van der Waals surface area contributed by atoms with Crippen LogP contribution in [0.4, 0.5) is 4.79 Å². The summed E-state index contributed by atoms with van der Waals surface area (Å²) >= 11 is 0. The molecule has 128 valence electrons. The van der Waals surface area contributed by atoms with Gasteiger partial charge in [0, 0.05) is 24.5 Å². The van der Waals surface area contributed by atoms with Crippen molar-refractivity contribution in [2.45, 2.75) is 57.1 Å². The smallest absolute Gasteiger partial charge is 0.410 e. The van der Waals surface area contributed by atoms with Crippen molar-refractivity contribution in [2.24, 2.45) is 5.73 Å². The predicted octanol–water partition coefficient (Wildman–Crippen LogP) is 3.23. The Bertz CT molecular complexity index is 692. The summed E-state index contributed by atoms with van der Waals surface area (Å²) in [5.41, 5.74) is 8.92. The van der Waals surface area contributed by atoms with E-state index in [4.69, 9.17) is 15.7 Å². The van der Waals surface area contributed by atoms with Gasteiger partial charge in [0.2, 0.25) is 0 Å². The van der Waals surface area contributed by atoms with E-state index in [0.717, 1.165) is 24.8 Å². The average Bonchev–Trinajstić information content (AvgIpc) is 2.78. The topological polar surface area (TPSA) is 79.3 Å². The summed E-state index contributed by atoms with van der Waals surface area (Å²) < 4.78 is 5.48. The standard InChI is InChI=1S/C19H25N3O2/c1-18(2,3)24-17(23)22-8-6-19(7-9-22)11-16(21)14-10-13(12-20)4-5-15(14)19/h4-5,10,16H,6-9,11,21H2,1-3H3. The van der Waals surface area contributed by atoms with E-state index in [1.54, 1.807) is 4.90 Å². The largest absolute Gasteiger partial charge is 0.444 e. The van der Waals surface area contributed by atoms with E-state index >= 15 is 0 Å². The van der Waals surface area contributed by atoms with Gasteiger partial charge in [-0.3, -0.25) is 0 Å². The summed E-state index contributed by atoms with van der Waals surface area (Å²) in [4.78, 5) is 14.0. The second-order valence-electron chi connectivity index (χ2n) is 7.97. The Morgan fingerprint density at radius 3 is 2.62 bits per heavy atom. The quantitative estimate of drug-likeness (QED) is 0.793. The van der Waals surface area contributed by atoms with Gasteiger partial charge in [-0.25, -0.2) is 4.79 Å². The van der Waals surface area contributed by atoms with Crippen molar-refractivity contribution in [2.75, 3.05) is 13.1 Å². The molecule has 3 rings (SSSR count). The lowest BCUT2D eigenvalue weighted by Crippen LogP contribution is -2.46. The fraction of sp³-hybridized carbons (Fsp3) is 0.579. The van der Waals surface area contributed by atoms with Crippen LogP contribution in [-0.2, 0) is 10.2 Å². The molecule has 1 aromatic rings. The SMILES string of the molecule is CC(C)(C)OC(=O)N1CCC2(CC1)CC(N)c1cc(C#N)ccc12. The number of nitrogens with zero attached hydrogens (tertiary/aromatic N) is 2. The Morgan fingerprint density at radius 1 is 1.38 bits per heavy atom. The number of ether oxygens (including phenoxy) is 1. The van der Waals surface area contributed by atoms with E-state index in [0.29, 0.717) is 18.7 Å². The highest BCUT2D eigenvalue weighted by Crippen LogP contribution is 2.50. The molecule has 1 saturated heterocycles. The number of hydrogen-bond donors (Lipinski definition) is 1. The van der Waals surface area contributed by atoms with Crippen molar-refractivity contribution >= 4 is 6.09 Å². The van der Waals surface area contributed by atoms with Gasteiger partial charge in [-0.2, -0.15) is 5.26 Å². The summed E-state index contributed by atoms with van der Waals surface area (Å²) in [6.45, 7) is 7.02. The van der Waals surface area contributed by atoms with Crippen LogP contribution in [-0.4, -0.2) is 29.7 Å². The fourth-order valence-electron chi connectivity index (χ4n) is 3.98. The maximum Gasteiger partial charge on any atom is 0.410 e. The van der Waals surface area contributed by atoms with Crippen LogP contribution in [0.5, 0.6) is 0 Å². The summed E-state index contributed by atoms with van der Waals surface area (Å²) in [7, 11) is 0. The number of rotatable bonds is 0. The zero-order valence-electron chi connectivity index (χ0n) is 14.6. The highest BCUT2D eigenvalue weighted by atomic mass is 16.6. The van der Waals surface area contributed by atoms with Gasteiger partial charge in [0.1, 0.15) is 5.60 Å². The Kier molecular flexibility index (Phi) is 4.05. The molecule has 1 atom stereocenters. The molecule has 0 radical (unpaired) electrons. The Labute approximate surface area is 143 Å². The Morgan fingerprint density at radius 2 is 2.04 bits per heavy atom. The number of carbonyl (C=O) groups excluding carboxylic acids is 1. The molecule has 1 unspecified atom stereocenters. The number of nitrogens with two attached hydrogens (primary N) is 1. The van der Waals surface area contributed by atoms with E-state index < -0.39 is 5.60 Å². The number of benzene rings is 1. The molecular formula is C19H25N3O2. The second kappa shape index (κ2) is 5.78. The molecule has 5 nitrogen and oxygen atoms in total. The van der Waals surface area contributed by atoms with Crippen LogP contribution in [0, 0.1) is 11.3 Å². The number of likely N-dealkylation sites (tertiary alicyclic amines) is 1. The number of fused-ring (bicyclic) bond motifs is 2. The van der Waals surface area contributed by atoms with Crippen molar-refractivity contribution in [3.8, 4) is 6.07 Å². The van der Waals surface area contributed by atoms with Crippen LogP contribution in [0.2, 0.25) is 0 Å². The van der Waals surface area contributed by atoms with Crippen LogP contribution in [0.3, 0.4) is 0 Å². The summed E-state index contributed by atoms with van der Waals surface area (Å²) in [5, 5.41) is 9.10. The fourth-order valence-corrected chi connectivity index (χ4v) is 3.98. The minimum Gasteiger partial charge on any atom is -0.444 e. The van der Waals surface area contributed by atoms with Crippen LogP contribution < -0.4 is 5.73 Å². The second-order valence-corrected chi connectivity index (χ2v) is 7.97. The molecule has 2 aliphatic rings. The van der Waals surface area contributed by atoms with Gasteiger partial charge in [0.15, 0.2) is 0 Å². The maximum absolute atomic E-state index is 12.3. The monoisotopic (exact) mass is 327 g/mol. The molecule has 1 aliphatic heterocycles. The number of piperidine rings is 1. The molecule has 24 heavy (non-hydrogen) atoms. The molecule has 1 amide bonds. The highest BCUT2D eigenvalue weighted by Gasteiger charge is 2.45. The van der Waals surface area contributed by atoms with E-state index in [9.17, 15) is 4.79 Å². The normalized spacial score (nSPS) is 22.1. The molecule has 1 aliphatic carbocycles. The number of hydrogen-bond acceptors (Lipinski definition) is 4. The summed E-state index contributed by atoms with van der Waals surface area (Å²) in [6.07, 6.45) is 2.43. The van der Waals surface area contributed by atoms with Gasteiger partial charge in [-0.15, -0.1) is 0 Å². The lowest BCUT2D eigenvalue weighted by atomic mass is 9.73. The molecule has 0 bridgehead atoms. The zero-order valence-corrected chi connectivity index (χ0v) is 14.6. The predicted molar refractivity (Wildman–Crippen MR) is 91.4 cm³/mol. The molecule has 0 saturated carbocycles. The highest BCUT2D eigenvalue weighted by molar-refractivity contribution is 5.68. The van der Waals surface area contributed by atoms with E-state index in [1.165, 1.54) is 5.56 Å². The Balaban J connectivity index is 1.76. The zero-order chi connectivity index (χ0) is 17.5. The third kappa shape index (κ3) is 2.99.